The van der Waals surface area contributed by atoms with Gasteiger partial charge >= 0.3 is 0 Å². The molecule has 0 saturated heterocycles. The number of hydrogen-bond donors (Lipinski definition) is 0. The maximum Gasteiger partial charge on any atom is 0.265 e. The van der Waals surface area contributed by atoms with Gasteiger partial charge in [-0.2, -0.15) is 4.57 Å². The minimum absolute atomic E-state index is 0.209. The summed E-state index contributed by atoms with van der Waals surface area (Å²) >= 11 is 0. The zero-order valence-electron chi connectivity index (χ0n) is 29.5. The Labute approximate surface area is 272 Å². The molecule has 2 heteroatoms. The van der Waals surface area contributed by atoms with Gasteiger partial charge in [0.05, 0.1) is 13.0 Å². The van der Waals surface area contributed by atoms with E-state index in [2.05, 4.69) is 164 Å². The predicted molar refractivity (Wildman–Crippen MR) is 193 cm³/mol. The summed E-state index contributed by atoms with van der Waals surface area (Å²) in [5.74, 6) is 2.49. The lowest BCUT2D eigenvalue weighted by Gasteiger charge is -2.42. The Morgan fingerprint density at radius 2 is 1.09 bits per heavy atom. The summed E-state index contributed by atoms with van der Waals surface area (Å²) in [6, 6.07) is 30.3. The topological polar surface area (TPSA) is 8.81 Å². The molecule has 1 heterocycles. The molecule has 0 radical (unpaired) electrons. The highest BCUT2D eigenvalue weighted by Gasteiger charge is 2.37. The molecule has 1 aromatic heterocycles. The molecule has 45 heavy (non-hydrogen) atoms. The number of aromatic nitrogens is 2. The second-order valence-electron chi connectivity index (χ2n) is 15.8. The van der Waals surface area contributed by atoms with Crippen LogP contribution in [0.15, 0.2) is 78.9 Å². The Morgan fingerprint density at radius 1 is 0.578 bits per heavy atom. The van der Waals surface area contributed by atoms with Crippen molar-refractivity contribution >= 4 is 11.0 Å². The molecular formula is C43H53N2+. The monoisotopic (exact) mass is 597 g/mol. The van der Waals surface area contributed by atoms with Crippen LogP contribution in [0.1, 0.15) is 128 Å². The number of para-hydroxylation sites is 2. The van der Waals surface area contributed by atoms with Gasteiger partial charge in [0.25, 0.3) is 5.82 Å². The van der Waals surface area contributed by atoms with Crippen LogP contribution in [0.2, 0.25) is 0 Å². The Bertz CT molecular complexity index is 1850. The first-order chi connectivity index (χ1) is 21.2. The Kier molecular flexibility index (Phi) is 7.87. The summed E-state index contributed by atoms with van der Waals surface area (Å²) < 4.78 is 4.96. The van der Waals surface area contributed by atoms with Crippen LogP contribution in [0.3, 0.4) is 0 Å². The Morgan fingerprint density at radius 3 is 1.64 bits per heavy atom. The molecule has 234 valence electrons. The van der Waals surface area contributed by atoms with Crippen molar-refractivity contribution in [1.82, 2.24) is 4.57 Å². The van der Waals surface area contributed by atoms with Crippen molar-refractivity contribution in [3.8, 4) is 27.9 Å². The minimum atomic E-state index is 0.209. The molecule has 0 fully saturated rings. The van der Waals surface area contributed by atoms with Gasteiger partial charge in [0.15, 0.2) is 11.0 Å². The average Bonchev–Trinajstić information content (AvgIpc) is 3.31. The molecular weight excluding hydrogens is 544 g/mol. The van der Waals surface area contributed by atoms with E-state index in [0.29, 0.717) is 17.8 Å². The lowest BCUT2D eigenvalue weighted by Crippen LogP contribution is -2.34. The largest absolute Gasteiger partial charge is 0.265 e. The van der Waals surface area contributed by atoms with Crippen LogP contribution in [0.25, 0.3) is 39.0 Å². The summed E-state index contributed by atoms with van der Waals surface area (Å²) in [6.07, 6.45) is 2.48. The molecule has 0 spiro atoms. The average molecular weight is 598 g/mol. The molecule has 1 aliphatic rings. The standard InChI is InChI=1S/C43H53N2/c1-27(2)34-24-33(25-35(28(3)4)40(34)45-39-15-13-12-14-38(39)44(11)41(45)29(5)6)31-18-16-30(17-19-31)32-20-21-36-37(26-32)43(9,10)23-22-42(36,7)8/h12-21,24-29H,22-23H2,1-11H3/q+1. The molecule has 0 bridgehead atoms. The fourth-order valence-corrected chi connectivity index (χ4v) is 7.82. The normalized spacial score (nSPS) is 15.8. The van der Waals surface area contributed by atoms with E-state index in [1.807, 2.05) is 0 Å². The van der Waals surface area contributed by atoms with Gasteiger partial charge < -0.3 is 0 Å². The molecule has 1 aliphatic carbocycles. The van der Waals surface area contributed by atoms with Gasteiger partial charge in [-0.3, -0.25) is 0 Å². The molecule has 5 aromatic rings. The van der Waals surface area contributed by atoms with E-state index in [1.165, 1.54) is 79.9 Å². The quantitative estimate of drug-likeness (QED) is 0.172. The zero-order chi connectivity index (χ0) is 32.4. The first-order valence-electron chi connectivity index (χ1n) is 17.1. The first-order valence-corrected chi connectivity index (χ1v) is 17.1. The number of aryl methyl sites for hydroxylation is 1. The van der Waals surface area contributed by atoms with E-state index in [9.17, 15) is 0 Å². The van der Waals surface area contributed by atoms with Gasteiger partial charge in [-0.1, -0.05) is 124 Å². The third kappa shape index (κ3) is 5.35. The summed E-state index contributed by atoms with van der Waals surface area (Å²) in [4.78, 5) is 0. The highest BCUT2D eigenvalue weighted by atomic mass is 15.2. The third-order valence-electron chi connectivity index (χ3n) is 10.6. The van der Waals surface area contributed by atoms with Crippen molar-refractivity contribution < 1.29 is 4.57 Å². The van der Waals surface area contributed by atoms with Crippen molar-refractivity contribution in [1.29, 1.82) is 0 Å². The molecule has 0 amide bonds. The molecule has 0 N–H and O–H groups in total. The summed E-state index contributed by atoms with van der Waals surface area (Å²) in [5.41, 5.74) is 15.4. The molecule has 6 rings (SSSR count). The van der Waals surface area contributed by atoms with Gasteiger partial charge in [-0.15, -0.1) is 0 Å². The number of imidazole rings is 1. The number of rotatable bonds is 6. The molecule has 0 saturated carbocycles. The summed E-state index contributed by atoms with van der Waals surface area (Å²) in [5, 5.41) is 0. The molecule has 2 nitrogen and oxygen atoms in total. The summed E-state index contributed by atoms with van der Waals surface area (Å²) in [6.45, 7) is 23.6. The second-order valence-corrected chi connectivity index (χ2v) is 15.8. The lowest BCUT2D eigenvalue weighted by atomic mass is 9.63. The number of benzene rings is 4. The molecule has 4 aromatic carbocycles. The van der Waals surface area contributed by atoms with E-state index in [-0.39, 0.29) is 10.8 Å². The lowest BCUT2D eigenvalue weighted by molar-refractivity contribution is -0.654. The van der Waals surface area contributed by atoms with Gasteiger partial charge in [0.1, 0.15) is 5.69 Å². The van der Waals surface area contributed by atoms with Crippen molar-refractivity contribution in [2.75, 3.05) is 0 Å². The second kappa shape index (κ2) is 11.3. The predicted octanol–water partition coefficient (Wildman–Crippen LogP) is 11.5. The van der Waals surface area contributed by atoms with E-state index in [0.717, 1.165) is 0 Å². The van der Waals surface area contributed by atoms with Crippen LogP contribution >= 0.6 is 0 Å². The SMILES string of the molecule is CC(C)c1cc(-c2ccc(-c3ccc4c(c3)C(C)(C)CCC4(C)C)cc2)cc(C(C)C)c1-n1c(C(C)C)[n+](C)c2ccccc21. The Hall–Kier alpha value is -3.65. The van der Waals surface area contributed by atoms with Crippen molar-refractivity contribution in [3.05, 3.63) is 107 Å². The Balaban J connectivity index is 1.48. The molecule has 0 atom stereocenters. The number of hydrogen-bond acceptors (Lipinski definition) is 0. The van der Waals surface area contributed by atoms with Crippen LogP contribution < -0.4 is 4.57 Å². The van der Waals surface area contributed by atoms with Crippen molar-refractivity contribution in [2.24, 2.45) is 7.05 Å². The fourth-order valence-electron chi connectivity index (χ4n) is 7.82. The fraction of sp³-hybridized carbons (Fsp3) is 0.419. The van der Waals surface area contributed by atoms with Gasteiger partial charge in [0.2, 0.25) is 0 Å². The third-order valence-corrected chi connectivity index (χ3v) is 10.6. The van der Waals surface area contributed by atoms with Gasteiger partial charge in [-0.25, -0.2) is 4.57 Å². The number of fused-ring (bicyclic) bond motifs is 2. The van der Waals surface area contributed by atoms with Crippen LogP contribution in [-0.2, 0) is 17.9 Å². The summed E-state index contributed by atoms with van der Waals surface area (Å²) in [7, 11) is 2.22. The zero-order valence-corrected chi connectivity index (χ0v) is 29.5. The smallest absolute Gasteiger partial charge is 0.229 e. The van der Waals surface area contributed by atoms with Crippen molar-refractivity contribution in [3.63, 3.8) is 0 Å². The molecule has 0 unspecified atom stereocenters. The van der Waals surface area contributed by atoms with Crippen LogP contribution in [0.5, 0.6) is 0 Å². The van der Waals surface area contributed by atoms with Gasteiger partial charge in [-0.05, 0) is 93.2 Å². The highest BCUT2D eigenvalue weighted by Crippen LogP contribution is 2.47. The number of nitrogens with zero attached hydrogens (tertiary/aromatic N) is 2. The maximum atomic E-state index is 2.57. The van der Waals surface area contributed by atoms with E-state index in [1.54, 1.807) is 0 Å². The van der Waals surface area contributed by atoms with Crippen LogP contribution in [-0.4, -0.2) is 4.57 Å². The van der Waals surface area contributed by atoms with Crippen LogP contribution in [0, 0.1) is 0 Å². The van der Waals surface area contributed by atoms with E-state index in [4.69, 9.17) is 0 Å². The van der Waals surface area contributed by atoms with E-state index < -0.39 is 0 Å². The van der Waals surface area contributed by atoms with Crippen molar-refractivity contribution in [2.45, 2.75) is 111 Å². The maximum absolute atomic E-state index is 2.57. The van der Waals surface area contributed by atoms with E-state index >= 15 is 0 Å². The molecule has 0 aliphatic heterocycles. The highest BCUT2D eigenvalue weighted by molar-refractivity contribution is 5.79. The van der Waals surface area contributed by atoms with Gasteiger partial charge in [0, 0.05) is 11.1 Å². The minimum Gasteiger partial charge on any atom is -0.229 e. The first kappa shape index (κ1) is 31.3. The van der Waals surface area contributed by atoms with Crippen LogP contribution in [0.4, 0.5) is 0 Å².